The Bertz CT molecular complexity index is 548. The van der Waals surface area contributed by atoms with Crippen molar-refractivity contribution in [3.05, 3.63) is 50.1 Å². The standard InChI is InChI=1S/C16H20BrNOS/c1-4-9-18-16(15-10-13(17)11(2)20-15)12-7-5-6-8-14(12)19-3/h5-8,10,16,18H,4,9H2,1-3H3. The van der Waals surface area contributed by atoms with Gasteiger partial charge in [-0.15, -0.1) is 11.3 Å². The molecule has 1 N–H and O–H groups in total. The van der Waals surface area contributed by atoms with Gasteiger partial charge in [-0.3, -0.25) is 0 Å². The number of benzene rings is 1. The van der Waals surface area contributed by atoms with E-state index in [0.717, 1.165) is 18.7 Å². The van der Waals surface area contributed by atoms with E-state index in [2.05, 4.69) is 53.3 Å². The number of para-hydroxylation sites is 1. The second-order valence-corrected chi connectivity index (χ2v) is 6.82. The molecule has 1 atom stereocenters. The highest BCUT2D eigenvalue weighted by molar-refractivity contribution is 9.10. The maximum atomic E-state index is 5.52. The van der Waals surface area contributed by atoms with E-state index in [1.807, 2.05) is 23.5 Å². The highest BCUT2D eigenvalue weighted by atomic mass is 79.9. The van der Waals surface area contributed by atoms with Crippen LogP contribution in [-0.2, 0) is 0 Å². The second-order valence-electron chi connectivity index (χ2n) is 4.68. The molecule has 0 aliphatic rings. The van der Waals surface area contributed by atoms with Gasteiger partial charge in [-0.2, -0.15) is 0 Å². The number of methoxy groups -OCH3 is 1. The smallest absolute Gasteiger partial charge is 0.124 e. The number of ether oxygens (including phenoxy) is 1. The lowest BCUT2D eigenvalue weighted by molar-refractivity contribution is 0.404. The Labute approximate surface area is 133 Å². The summed E-state index contributed by atoms with van der Waals surface area (Å²) in [6, 6.07) is 10.6. The van der Waals surface area contributed by atoms with Gasteiger partial charge in [-0.1, -0.05) is 25.1 Å². The fourth-order valence-electron chi connectivity index (χ4n) is 2.18. The van der Waals surface area contributed by atoms with Gasteiger partial charge in [-0.05, 0) is 48.0 Å². The molecule has 0 spiro atoms. The van der Waals surface area contributed by atoms with Crippen molar-refractivity contribution in [3.8, 4) is 5.75 Å². The van der Waals surface area contributed by atoms with E-state index < -0.39 is 0 Å². The van der Waals surface area contributed by atoms with Crippen LogP contribution in [0.2, 0.25) is 0 Å². The molecule has 1 unspecified atom stereocenters. The molecule has 0 fully saturated rings. The van der Waals surface area contributed by atoms with Crippen LogP contribution in [0.1, 0.15) is 34.7 Å². The number of hydrogen-bond acceptors (Lipinski definition) is 3. The third-order valence-corrected chi connectivity index (χ3v) is 5.41. The van der Waals surface area contributed by atoms with E-state index in [9.17, 15) is 0 Å². The first kappa shape index (κ1) is 15.5. The van der Waals surface area contributed by atoms with Gasteiger partial charge in [0.05, 0.1) is 13.2 Å². The van der Waals surface area contributed by atoms with E-state index in [4.69, 9.17) is 4.74 Å². The maximum Gasteiger partial charge on any atom is 0.124 e. The van der Waals surface area contributed by atoms with E-state index in [1.165, 1.54) is 19.8 Å². The van der Waals surface area contributed by atoms with E-state index in [-0.39, 0.29) is 6.04 Å². The lowest BCUT2D eigenvalue weighted by Gasteiger charge is -2.20. The summed E-state index contributed by atoms with van der Waals surface area (Å²) in [7, 11) is 1.73. The Morgan fingerprint density at radius 1 is 1.35 bits per heavy atom. The SMILES string of the molecule is CCCNC(c1cc(Br)c(C)s1)c1ccccc1OC. The lowest BCUT2D eigenvalue weighted by atomic mass is 10.0. The zero-order valence-electron chi connectivity index (χ0n) is 12.1. The van der Waals surface area contributed by atoms with E-state index >= 15 is 0 Å². The Balaban J connectivity index is 2.41. The molecule has 0 saturated heterocycles. The summed E-state index contributed by atoms with van der Waals surface area (Å²) in [5, 5.41) is 3.63. The molecule has 0 amide bonds. The molecule has 20 heavy (non-hydrogen) atoms. The van der Waals surface area contributed by atoms with Crippen molar-refractivity contribution >= 4 is 27.3 Å². The van der Waals surface area contributed by atoms with Gasteiger partial charge in [0.25, 0.3) is 0 Å². The Hall–Kier alpha value is -0.840. The minimum atomic E-state index is 0.182. The van der Waals surface area contributed by atoms with Crippen molar-refractivity contribution in [1.82, 2.24) is 5.32 Å². The molecule has 2 aromatic rings. The Morgan fingerprint density at radius 2 is 2.10 bits per heavy atom. The quantitative estimate of drug-likeness (QED) is 0.795. The number of nitrogens with one attached hydrogen (secondary N) is 1. The molecule has 0 radical (unpaired) electrons. The van der Waals surface area contributed by atoms with Crippen molar-refractivity contribution in [2.24, 2.45) is 0 Å². The van der Waals surface area contributed by atoms with Crippen LogP contribution in [0, 0.1) is 6.92 Å². The van der Waals surface area contributed by atoms with Crippen molar-refractivity contribution < 1.29 is 4.74 Å². The number of hydrogen-bond donors (Lipinski definition) is 1. The first-order chi connectivity index (χ1) is 9.67. The monoisotopic (exact) mass is 353 g/mol. The van der Waals surface area contributed by atoms with Crippen molar-refractivity contribution in [1.29, 1.82) is 0 Å². The van der Waals surface area contributed by atoms with Gasteiger partial charge in [0, 0.05) is 19.8 Å². The van der Waals surface area contributed by atoms with Gasteiger partial charge in [0.2, 0.25) is 0 Å². The molecule has 1 aromatic heterocycles. The number of thiophene rings is 1. The molecular formula is C16H20BrNOS. The summed E-state index contributed by atoms with van der Waals surface area (Å²) < 4.78 is 6.69. The van der Waals surface area contributed by atoms with E-state index in [0.29, 0.717) is 0 Å². The molecular weight excluding hydrogens is 334 g/mol. The number of halogens is 1. The highest BCUT2D eigenvalue weighted by Gasteiger charge is 2.20. The second kappa shape index (κ2) is 7.25. The molecule has 2 nitrogen and oxygen atoms in total. The van der Waals surface area contributed by atoms with Crippen LogP contribution in [0.5, 0.6) is 5.75 Å². The summed E-state index contributed by atoms with van der Waals surface area (Å²) in [6.45, 7) is 5.30. The highest BCUT2D eigenvalue weighted by Crippen LogP contribution is 2.36. The molecule has 4 heteroatoms. The normalized spacial score (nSPS) is 12.4. The third kappa shape index (κ3) is 3.43. The summed E-state index contributed by atoms with van der Waals surface area (Å²) >= 11 is 5.43. The Kier molecular flexibility index (Phi) is 5.64. The average Bonchev–Trinajstić information content (AvgIpc) is 2.79. The van der Waals surface area contributed by atoms with Crippen LogP contribution in [0.15, 0.2) is 34.8 Å². The molecule has 1 aromatic carbocycles. The Morgan fingerprint density at radius 3 is 2.70 bits per heavy atom. The van der Waals surface area contributed by atoms with Gasteiger partial charge in [-0.25, -0.2) is 0 Å². The van der Waals surface area contributed by atoms with Crippen LogP contribution in [0.4, 0.5) is 0 Å². The topological polar surface area (TPSA) is 21.3 Å². The zero-order valence-corrected chi connectivity index (χ0v) is 14.5. The number of rotatable bonds is 6. The van der Waals surface area contributed by atoms with Gasteiger partial charge >= 0.3 is 0 Å². The predicted octanol–water partition coefficient (Wildman–Crippen LogP) is 4.92. The molecule has 0 saturated carbocycles. The molecule has 1 heterocycles. The fraction of sp³-hybridized carbons (Fsp3) is 0.375. The van der Waals surface area contributed by atoms with Crippen LogP contribution in [0.3, 0.4) is 0 Å². The molecule has 0 aliphatic carbocycles. The van der Waals surface area contributed by atoms with Gasteiger partial charge in [0.1, 0.15) is 5.75 Å². The largest absolute Gasteiger partial charge is 0.496 e. The predicted molar refractivity (Wildman–Crippen MR) is 89.9 cm³/mol. The van der Waals surface area contributed by atoms with Crippen LogP contribution < -0.4 is 10.1 Å². The molecule has 108 valence electrons. The van der Waals surface area contributed by atoms with Crippen molar-refractivity contribution in [2.45, 2.75) is 26.3 Å². The minimum absolute atomic E-state index is 0.182. The maximum absolute atomic E-state index is 5.52. The zero-order chi connectivity index (χ0) is 14.5. The number of aryl methyl sites for hydroxylation is 1. The molecule has 2 rings (SSSR count). The summed E-state index contributed by atoms with van der Waals surface area (Å²) in [5.74, 6) is 0.934. The van der Waals surface area contributed by atoms with E-state index in [1.54, 1.807) is 7.11 Å². The van der Waals surface area contributed by atoms with Crippen LogP contribution in [0.25, 0.3) is 0 Å². The summed E-state index contributed by atoms with van der Waals surface area (Å²) in [4.78, 5) is 2.62. The third-order valence-electron chi connectivity index (χ3n) is 3.21. The summed E-state index contributed by atoms with van der Waals surface area (Å²) in [5.41, 5.74) is 1.19. The van der Waals surface area contributed by atoms with Crippen LogP contribution >= 0.6 is 27.3 Å². The molecule has 0 bridgehead atoms. The fourth-order valence-corrected chi connectivity index (χ4v) is 3.84. The lowest BCUT2D eigenvalue weighted by Crippen LogP contribution is -2.22. The first-order valence-corrected chi connectivity index (χ1v) is 8.40. The molecule has 0 aliphatic heterocycles. The van der Waals surface area contributed by atoms with Crippen molar-refractivity contribution in [2.75, 3.05) is 13.7 Å². The minimum Gasteiger partial charge on any atom is -0.496 e. The van der Waals surface area contributed by atoms with Gasteiger partial charge in [0.15, 0.2) is 0 Å². The average molecular weight is 354 g/mol. The summed E-state index contributed by atoms with van der Waals surface area (Å²) in [6.07, 6.45) is 1.11. The first-order valence-electron chi connectivity index (χ1n) is 6.79. The van der Waals surface area contributed by atoms with Crippen molar-refractivity contribution in [3.63, 3.8) is 0 Å². The van der Waals surface area contributed by atoms with Crippen LogP contribution in [-0.4, -0.2) is 13.7 Å². The van der Waals surface area contributed by atoms with Gasteiger partial charge < -0.3 is 10.1 Å².